The summed E-state index contributed by atoms with van der Waals surface area (Å²) < 4.78 is 5.53. The van der Waals surface area contributed by atoms with Crippen molar-refractivity contribution < 1.29 is 4.74 Å². The number of nitrogens with zero attached hydrogens (tertiary/aromatic N) is 2. The summed E-state index contributed by atoms with van der Waals surface area (Å²) in [5, 5.41) is 3.92. The lowest BCUT2D eigenvalue weighted by atomic mass is 9.95. The van der Waals surface area contributed by atoms with E-state index in [0.29, 0.717) is 11.8 Å². The standard InChI is InChI=1S/C13H20ClN3O/c1-9(2)12-15-10(14)7-11(16-12)17-13(3)5-4-6-18-8-13/h7,9H,4-6,8H2,1-3H3,(H,15,16,17). The van der Waals surface area contributed by atoms with E-state index in [2.05, 4.69) is 36.1 Å². The van der Waals surface area contributed by atoms with E-state index < -0.39 is 0 Å². The second kappa shape index (κ2) is 5.41. The summed E-state index contributed by atoms with van der Waals surface area (Å²) in [6, 6.07) is 1.77. The molecule has 1 unspecified atom stereocenters. The summed E-state index contributed by atoms with van der Waals surface area (Å²) in [5.74, 6) is 1.82. The van der Waals surface area contributed by atoms with Gasteiger partial charge in [-0.05, 0) is 19.8 Å². The lowest BCUT2D eigenvalue weighted by Crippen LogP contribution is -2.43. The van der Waals surface area contributed by atoms with Gasteiger partial charge in [0.15, 0.2) is 0 Å². The van der Waals surface area contributed by atoms with Gasteiger partial charge in [0.1, 0.15) is 16.8 Å². The number of hydrogen-bond donors (Lipinski definition) is 1. The molecule has 1 aromatic rings. The minimum absolute atomic E-state index is 0.0653. The fourth-order valence-corrected chi connectivity index (χ4v) is 2.29. The maximum Gasteiger partial charge on any atom is 0.135 e. The molecule has 1 fully saturated rings. The van der Waals surface area contributed by atoms with Gasteiger partial charge in [-0.3, -0.25) is 0 Å². The van der Waals surface area contributed by atoms with E-state index in [1.807, 2.05) is 0 Å². The lowest BCUT2D eigenvalue weighted by Gasteiger charge is -2.34. The Labute approximate surface area is 113 Å². The first-order valence-electron chi connectivity index (χ1n) is 6.39. The lowest BCUT2D eigenvalue weighted by molar-refractivity contribution is 0.0539. The molecule has 1 aliphatic heterocycles. The van der Waals surface area contributed by atoms with E-state index in [9.17, 15) is 0 Å². The van der Waals surface area contributed by atoms with Gasteiger partial charge in [-0.15, -0.1) is 0 Å². The van der Waals surface area contributed by atoms with Crippen molar-refractivity contribution in [1.29, 1.82) is 0 Å². The van der Waals surface area contributed by atoms with Crippen molar-refractivity contribution in [1.82, 2.24) is 9.97 Å². The Morgan fingerprint density at radius 1 is 1.44 bits per heavy atom. The molecule has 0 aliphatic carbocycles. The van der Waals surface area contributed by atoms with Gasteiger partial charge >= 0.3 is 0 Å². The summed E-state index contributed by atoms with van der Waals surface area (Å²) in [4.78, 5) is 8.74. The molecule has 1 atom stereocenters. The molecule has 1 aliphatic rings. The Bertz CT molecular complexity index is 417. The quantitative estimate of drug-likeness (QED) is 0.856. The minimum atomic E-state index is -0.0653. The molecule has 1 N–H and O–H groups in total. The molecule has 2 rings (SSSR count). The van der Waals surface area contributed by atoms with Crippen molar-refractivity contribution in [2.45, 2.75) is 45.1 Å². The van der Waals surface area contributed by atoms with E-state index in [4.69, 9.17) is 16.3 Å². The minimum Gasteiger partial charge on any atom is -0.379 e. The number of aromatic nitrogens is 2. The Balaban J connectivity index is 2.17. The summed E-state index contributed by atoms with van der Waals surface area (Å²) in [6.07, 6.45) is 2.14. The normalized spacial score (nSPS) is 24.3. The van der Waals surface area contributed by atoms with E-state index >= 15 is 0 Å². The van der Waals surface area contributed by atoms with Crippen LogP contribution in [0, 0.1) is 0 Å². The highest BCUT2D eigenvalue weighted by atomic mass is 35.5. The predicted octanol–water partition coefficient (Wildman–Crippen LogP) is 3.23. The third-order valence-electron chi connectivity index (χ3n) is 3.10. The molecule has 0 saturated carbocycles. The average molecular weight is 270 g/mol. The van der Waals surface area contributed by atoms with Crippen molar-refractivity contribution in [2.24, 2.45) is 0 Å². The molecule has 2 heterocycles. The molecule has 100 valence electrons. The van der Waals surface area contributed by atoms with Crippen LogP contribution in [0.3, 0.4) is 0 Å². The zero-order valence-corrected chi connectivity index (χ0v) is 11.9. The number of rotatable bonds is 3. The van der Waals surface area contributed by atoms with E-state index in [-0.39, 0.29) is 11.5 Å². The summed E-state index contributed by atoms with van der Waals surface area (Å²) in [6.45, 7) is 7.81. The Kier molecular flexibility index (Phi) is 4.07. The number of nitrogens with one attached hydrogen (secondary N) is 1. The monoisotopic (exact) mass is 269 g/mol. The number of hydrogen-bond acceptors (Lipinski definition) is 4. The predicted molar refractivity (Wildman–Crippen MR) is 73.2 cm³/mol. The van der Waals surface area contributed by atoms with Crippen LogP contribution in [0.1, 0.15) is 45.4 Å². The van der Waals surface area contributed by atoms with Gasteiger partial charge < -0.3 is 10.1 Å². The summed E-state index contributed by atoms with van der Waals surface area (Å²) in [5.41, 5.74) is -0.0653. The van der Waals surface area contributed by atoms with Gasteiger partial charge in [0.25, 0.3) is 0 Å². The van der Waals surface area contributed by atoms with Gasteiger partial charge in [0.2, 0.25) is 0 Å². The fraction of sp³-hybridized carbons (Fsp3) is 0.692. The van der Waals surface area contributed by atoms with Gasteiger partial charge in [0, 0.05) is 18.6 Å². The molecule has 1 saturated heterocycles. The van der Waals surface area contributed by atoms with E-state index in [1.165, 1.54) is 0 Å². The van der Waals surface area contributed by atoms with Gasteiger partial charge in [-0.2, -0.15) is 0 Å². The Hall–Kier alpha value is -0.870. The van der Waals surface area contributed by atoms with Crippen LogP contribution < -0.4 is 5.32 Å². The smallest absolute Gasteiger partial charge is 0.135 e. The zero-order valence-electron chi connectivity index (χ0n) is 11.2. The first-order valence-corrected chi connectivity index (χ1v) is 6.77. The molecule has 0 aromatic carbocycles. The topological polar surface area (TPSA) is 47.0 Å². The molecule has 0 spiro atoms. The van der Waals surface area contributed by atoms with Crippen LogP contribution >= 0.6 is 11.6 Å². The van der Waals surface area contributed by atoms with Crippen LogP contribution in [0.15, 0.2) is 6.07 Å². The Morgan fingerprint density at radius 2 is 2.22 bits per heavy atom. The van der Waals surface area contributed by atoms with Gasteiger partial charge in [-0.1, -0.05) is 25.4 Å². The maximum atomic E-state index is 6.03. The third kappa shape index (κ3) is 3.33. The van der Waals surface area contributed by atoms with Crippen LogP contribution in [-0.2, 0) is 4.74 Å². The molecule has 18 heavy (non-hydrogen) atoms. The van der Waals surface area contributed by atoms with Crippen molar-refractivity contribution in [3.05, 3.63) is 17.0 Å². The van der Waals surface area contributed by atoms with Crippen molar-refractivity contribution in [3.63, 3.8) is 0 Å². The SMILES string of the molecule is CC(C)c1nc(Cl)cc(NC2(C)CCCOC2)n1. The molecule has 5 heteroatoms. The van der Waals surface area contributed by atoms with Crippen LogP contribution in [0.5, 0.6) is 0 Å². The fourth-order valence-electron chi connectivity index (χ4n) is 2.10. The largest absolute Gasteiger partial charge is 0.379 e. The van der Waals surface area contributed by atoms with Crippen molar-refractivity contribution >= 4 is 17.4 Å². The average Bonchev–Trinajstić information content (AvgIpc) is 2.28. The molecule has 1 aromatic heterocycles. The summed E-state index contributed by atoms with van der Waals surface area (Å²) >= 11 is 6.03. The second-order valence-corrected chi connectivity index (χ2v) is 5.82. The second-order valence-electron chi connectivity index (χ2n) is 5.43. The number of ether oxygens (including phenoxy) is 1. The van der Waals surface area contributed by atoms with E-state index in [1.54, 1.807) is 6.07 Å². The number of halogens is 1. The molecule has 0 bridgehead atoms. The number of anilines is 1. The Morgan fingerprint density at radius 3 is 2.83 bits per heavy atom. The first kappa shape index (κ1) is 13.6. The maximum absolute atomic E-state index is 6.03. The van der Waals surface area contributed by atoms with Crippen LogP contribution in [0.4, 0.5) is 5.82 Å². The van der Waals surface area contributed by atoms with Crippen LogP contribution in [0.25, 0.3) is 0 Å². The van der Waals surface area contributed by atoms with Crippen molar-refractivity contribution in [3.8, 4) is 0 Å². The van der Waals surface area contributed by atoms with E-state index in [0.717, 1.165) is 31.1 Å². The molecule has 0 amide bonds. The van der Waals surface area contributed by atoms with Crippen molar-refractivity contribution in [2.75, 3.05) is 18.5 Å². The van der Waals surface area contributed by atoms with Gasteiger partial charge in [0.05, 0.1) is 12.1 Å². The van der Waals surface area contributed by atoms with Crippen LogP contribution in [-0.4, -0.2) is 28.7 Å². The molecule has 4 nitrogen and oxygen atoms in total. The third-order valence-corrected chi connectivity index (χ3v) is 3.29. The first-order chi connectivity index (χ1) is 8.48. The summed E-state index contributed by atoms with van der Waals surface area (Å²) in [7, 11) is 0. The van der Waals surface area contributed by atoms with Crippen LogP contribution in [0.2, 0.25) is 5.15 Å². The zero-order chi connectivity index (χ0) is 13.2. The molecule has 0 radical (unpaired) electrons. The molecular formula is C13H20ClN3O. The van der Waals surface area contributed by atoms with Gasteiger partial charge in [-0.25, -0.2) is 9.97 Å². The highest BCUT2D eigenvalue weighted by Crippen LogP contribution is 2.25. The highest BCUT2D eigenvalue weighted by molar-refractivity contribution is 6.29. The highest BCUT2D eigenvalue weighted by Gasteiger charge is 2.28. The molecular weight excluding hydrogens is 250 g/mol.